The van der Waals surface area contributed by atoms with Crippen molar-refractivity contribution in [3.8, 4) is 17.2 Å². The maximum atomic E-state index is 13.7. The van der Waals surface area contributed by atoms with Crippen LogP contribution < -0.4 is 19.1 Å². The number of hydrogen-bond donors (Lipinski definition) is 0. The zero-order chi connectivity index (χ0) is 22.7. The van der Waals surface area contributed by atoms with Crippen LogP contribution in [0.15, 0.2) is 48.2 Å². The molecule has 0 radical (unpaired) electrons. The van der Waals surface area contributed by atoms with Gasteiger partial charge in [0.05, 0.1) is 32.1 Å². The summed E-state index contributed by atoms with van der Waals surface area (Å²) in [5, 5.41) is 0. The summed E-state index contributed by atoms with van der Waals surface area (Å²) in [5.41, 5.74) is 2.01. The number of hydrogen-bond acceptors (Lipinski definition) is 6. The first-order valence-electron chi connectivity index (χ1n) is 10.9. The molecule has 0 N–H and O–H groups in total. The number of piperidine rings is 1. The zero-order valence-corrected chi connectivity index (χ0v) is 18.7. The van der Waals surface area contributed by atoms with Crippen molar-refractivity contribution >= 4 is 23.1 Å². The van der Waals surface area contributed by atoms with Gasteiger partial charge >= 0.3 is 0 Å². The van der Waals surface area contributed by atoms with E-state index in [1.807, 2.05) is 11.8 Å². The fourth-order valence-electron chi connectivity index (χ4n) is 4.27. The van der Waals surface area contributed by atoms with Gasteiger partial charge in [-0.05, 0) is 68.1 Å². The van der Waals surface area contributed by atoms with Gasteiger partial charge in [-0.2, -0.15) is 0 Å². The molecule has 0 aromatic heterocycles. The highest BCUT2D eigenvalue weighted by Crippen LogP contribution is 2.39. The Balaban J connectivity index is 1.79. The summed E-state index contributed by atoms with van der Waals surface area (Å²) in [6.45, 7) is 3.96. The van der Waals surface area contributed by atoms with Crippen molar-refractivity contribution in [2.45, 2.75) is 26.2 Å². The van der Waals surface area contributed by atoms with Gasteiger partial charge in [-0.25, -0.2) is 4.90 Å². The quantitative estimate of drug-likeness (QED) is 0.614. The van der Waals surface area contributed by atoms with Crippen LogP contribution >= 0.6 is 0 Å². The van der Waals surface area contributed by atoms with Gasteiger partial charge in [-0.1, -0.05) is 6.07 Å². The van der Waals surface area contributed by atoms with E-state index < -0.39 is 0 Å². The molecule has 2 aromatic rings. The van der Waals surface area contributed by atoms with E-state index in [0.717, 1.165) is 32.4 Å². The minimum Gasteiger partial charge on any atom is -0.494 e. The highest BCUT2D eigenvalue weighted by molar-refractivity contribution is 6.45. The van der Waals surface area contributed by atoms with Crippen molar-refractivity contribution in [2.75, 3.05) is 38.8 Å². The molecule has 7 heteroatoms. The predicted octanol–water partition coefficient (Wildman–Crippen LogP) is 3.87. The van der Waals surface area contributed by atoms with E-state index in [2.05, 4.69) is 0 Å². The summed E-state index contributed by atoms with van der Waals surface area (Å²) < 4.78 is 16.3. The molecule has 2 aliphatic rings. The largest absolute Gasteiger partial charge is 0.494 e. The number of carbonyl (C=O) groups excluding carboxylic acids is 2. The van der Waals surface area contributed by atoms with Crippen LogP contribution in [0.2, 0.25) is 0 Å². The van der Waals surface area contributed by atoms with Crippen LogP contribution in [0.3, 0.4) is 0 Å². The molecule has 0 saturated carbocycles. The molecule has 2 amide bonds. The number of ether oxygens (including phenoxy) is 3. The van der Waals surface area contributed by atoms with Gasteiger partial charge in [-0.15, -0.1) is 0 Å². The molecule has 0 atom stereocenters. The van der Waals surface area contributed by atoms with Crippen molar-refractivity contribution in [1.29, 1.82) is 0 Å². The van der Waals surface area contributed by atoms with E-state index in [-0.39, 0.29) is 11.8 Å². The molecule has 2 aromatic carbocycles. The van der Waals surface area contributed by atoms with Crippen molar-refractivity contribution in [3.63, 3.8) is 0 Å². The van der Waals surface area contributed by atoms with Gasteiger partial charge in [-0.3, -0.25) is 9.59 Å². The summed E-state index contributed by atoms with van der Waals surface area (Å²) in [5.74, 6) is 1.13. The Morgan fingerprint density at radius 3 is 2.16 bits per heavy atom. The Morgan fingerprint density at radius 2 is 1.53 bits per heavy atom. The highest BCUT2D eigenvalue weighted by Gasteiger charge is 2.42. The number of carbonyl (C=O) groups is 2. The predicted molar refractivity (Wildman–Crippen MR) is 122 cm³/mol. The lowest BCUT2D eigenvalue weighted by Gasteiger charge is -2.29. The fraction of sp³-hybridized carbons (Fsp3) is 0.360. The third kappa shape index (κ3) is 3.90. The molecule has 2 heterocycles. The number of rotatable bonds is 7. The normalized spacial score (nSPS) is 16.6. The molecular weight excluding hydrogens is 408 g/mol. The first-order chi connectivity index (χ1) is 15.6. The van der Waals surface area contributed by atoms with E-state index >= 15 is 0 Å². The lowest BCUT2D eigenvalue weighted by molar-refractivity contribution is -0.120. The van der Waals surface area contributed by atoms with Crippen LogP contribution in [0.5, 0.6) is 17.2 Å². The Labute approximate surface area is 188 Å². The molecule has 168 valence electrons. The van der Waals surface area contributed by atoms with E-state index in [1.165, 1.54) is 4.90 Å². The number of methoxy groups -OCH3 is 2. The number of anilines is 1. The topological polar surface area (TPSA) is 68.3 Å². The molecule has 32 heavy (non-hydrogen) atoms. The van der Waals surface area contributed by atoms with E-state index in [1.54, 1.807) is 56.7 Å². The highest BCUT2D eigenvalue weighted by atomic mass is 16.5. The minimum absolute atomic E-state index is 0.300. The van der Waals surface area contributed by atoms with Crippen LogP contribution in [0, 0.1) is 0 Å². The van der Waals surface area contributed by atoms with E-state index in [4.69, 9.17) is 14.2 Å². The number of nitrogens with zero attached hydrogens (tertiary/aromatic N) is 2. The number of imide groups is 1. The van der Waals surface area contributed by atoms with Crippen molar-refractivity contribution < 1.29 is 23.8 Å². The number of amides is 2. The molecule has 0 spiro atoms. The fourth-order valence-corrected chi connectivity index (χ4v) is 4.27. The molecule has 0 bridgehead atoms. The van der Waals surface area contributed by atoms with Crippen molar-refractivity contribution in [1.82, 2.24) is 4.90 Å². The minimum atomic E-state index is -0.341. The molecule has 0 unspecified atom stereocenters. The second kappa shape index (κ2) is 9.34. The van der Waals surface area contributed by atoms with Crippen LogP contribution in [-0.2, 0) is 9.59 Å². The van der Waals surface area contributed by atoms with Crippen molar-refractivity contribution in [3.05, 3.63) is 53.7 Å². The SMILES string of the molecule is CCOc1ccc(N2C(=O)C(c3ccc(OC)c(OC)c3)=C(N3CCCCC3)C2=O)cc1. The summed E-state index contributed by atoms with van der Waals surface area (Å²) in [7, 11) is 3.11. The zero-order valence-electron chi connectivity index (χ0n) is 18.7. The van der Waals surface area contributed by atoms with Gasteiger partial charge in [0.15, 0.2) is 11.5 Å². The molecule has 1 fully saturated rings. The van der Waals surface area contributed by atoms with Crippen LogP contribution in [0.4, 0.5) is 5.69 Å². The van der Waals surface area contributed by atoms with Gasteiger partial charge in [0.1, 0.15) is 11.4 Å². The summed E-state index contributed by atoms with van der Waals surface area (Å²) in [6, 6.07) is 12.3. The maximum absolute atomic E-state index is 13.7. The second-order valence-electron chi connectivity index (χ2n) is 7.71. The monoisotopic (exact) mass is 436 g/mol. The smallest absolute Gasteiger partial charge is 0.282 e. The Bertz CT molecular complexity index is 1040. The molecule has 2 aliphatic heterocycles. The van der Waals surface area contributed by atoms with Gasteiger partial charge in [0.2, 0.25) is 0 Å². The van der Waals surface area contributed by atoms with Crippen LogP contribution in [0.25, 0.3) is 5.57 Å². The third-order valence-corrected chi connectivity index (χ3v) is 5.81. The van der Waals surface area contributed by atoms with Gasteiger partial charge in [0, 0.05) is 13.1 Å². The Hall–Kier alpha value is -3.48. The lowest BCUT2D eigenvalue weighted by Crippen LogP contribution is -2.37. The Morgan fingerprint density at radius 1 is 0.844 bits per heavy atom. The van der Waals surface area contributed by atoms with Crippen LogP contribution in [0.1, 0.15) is 31.7 Å². The molecule has 7 nitrogen and oxygen atoms in total. The Kier molecular flexibility index (Phi) is 6.35. The average molecular weight is 437 g/mol. The van der Waals surface area contributed by atoms with Crippen molar-refractivity contribution in [2.24, 2.45) is 0 Å². The second-order valence-corrected chi connectivity index (χ2v) is 7.71. The van der Waals surface area contributed by atoms with E-state index in [9.17, 15) is 9.59 Å². The standard InChI is InChI=1S/C25H28N2O5/c1-4-32-19-11-9-18(10-12-19)27-24(28)22(17-8-13-20(30-2)21(16-17)31-3)23(25(27)29)26-14-6-5-7-15-26/h8-13,16H,4-7,14-15H2,1-3H3. The first-order valence-corrected chi connectivity index (χ1v) is 10.9. The summed E-state index contributed by atoms with van der Waals surface area (Å²) >= 11 is 0. The molecule has 0 aliphatic carbocycles. The van der Waals surface area contributed by atoms with Gasteiger partial charge in [0.25, 0.3) is 11.8 Å². The molecule has 1 saturated heterocycles. The number of likely N-dealkylation sites (tertiary alicyclic amines) is 1. The number of benzene rings is 2. The third-order valence-electron chi connectivity index (χ3n) is 5.81. The van der Waals surface area contributed by atoms with Crippen LogP contribution in [-0.4, -0.2) is 50.6 Å². The average Bonchev–Trinajstić information content (AvgIpc) is 3.09. The molecule has 4 rings (SSSR count). The summed E-state index contributed by atoms with van der Waals surface area (Å²) in [4.78, 5) is 30.6. The lowest BCUT2D eigenvalue weighted by atomic mass is 10.0. The van der Waals surface area contributed by atoms with E-state index in [0.29, 0.717) is 46.4 Å². The summed E-state index contributed by atoms with van der Waals surface area (Å²) in [6.07, 6.45) is 3.11. The maximum Gasteiger partial charge on any atom is 0.282 e. The molecular formula is C25H28N2O5. The first kappa shape index (κ1) is 21.7. The van der Waals surface area contributed by atoms with Gasteiger partial charge < -0.3 is 19.1 Å².